The van der Waals surface area contributed by atoms with Crippen LogP contribution in [0.25, 0.3) is 0 Å². The molecule has 0 bridgehead atoms. The van der Waals surface area contributed by atoms with E-state index in [9.17, 15) is 13.2 Å². The summed E-state index contributed by atoms with van der Waals surface area (Å²) in [5.41, 5.74) is 1.35. The number of amidine groups is 1. The van der Waals surface area contributed by atoms with Crippen LogP contribution < -0.4 is 10.2 Å². The summed E-state index contributed by atoms with van der Waals surface area (Å²) in [5, 5.41) is 2.75. The SMILES string of the molecule is CN1CCC/C1=N/S(=O)(=O)c1cccc(NC(=O)CN(C)c2ccccc2)c1. The Labute approximate surface area is 165 Å². The van der Waals surface area contributed by atoms with Crippen LogP contribution in [-0.4, -0.2) is 52.2 Å². The van der Waals surface area contributed by atoms with E-state index >= 15 is 0 Å². The van der Waals surface area contributed by atoms with Gasteiger partial charge >= 0.3 is 0 Å². The number of nitrogens with one attached hydrogen (secondary N) is 1. The van der Waals surface area contributed by atoms with Crippen LogP contribution >= 0.6 is 0 Å². The lowest BCUT2D eigenvalue weighted by Crippen LogP contribution is -2.30. The van der Waals surface area contributed by atoms with E-state index in [0.717, 1.165) is 18.7 Å². The maximum absolute atomic E-state index is 12.6. The van der Waals surface area contributed by atoms with Gasteiger partial charge in [0.2, 0.25) is 5.91 Å². The van der Waals surface area contributed by atoms with E-state index in [-0.39, 0.29) is 17.3 Å². The Hall–Kier alpha value is -2.87. The number of para-hydroxylation sites is 1. The van der Waals surface area contributed by atoms with E-state index in [4.69, 9.17) is 0 Å². The molecule has 0 aliphatic carbocycles. The molecule has 0 aromatic heterocycles. The molecule has 1 aliphatic rings. The van der Waals surface area contributed by atoms with Gasteiger partial charge < -0.3 is 15.1 Å². The van der Waals surface area contributed by atoms with Crippen molar-refractivity contribution < 1.29 is 13.2 Å². The molecule has 7 nitrogen and oxygen atoms in total. The first-order valence-electron chi connectivity index (χ1n) is 9.06. The second-order valence-corrected chi connectivity index (χ2v) is 8.38. The Kier molecular flexibility index (Phi) is 5.99. The average Bonchev–Trinajstić information content (AvgIpc) is 3.06. The van der Waals surface area contributed by atoms with Gasteiger partial charge in [0.1, 0.15) is 5.84 Å². The largest absolute Gasteiger partial charge is 0.365 e. The van der Waals surface area contributed by atoms with E-state index in [1.165, 1.54) is 12.1 Å². The van der Waals surface area contributed by atoms with Crippen LogP contribution in [-0.2, 0) is 14.8 Å². The number of nitrogens with zero attached hydrogens (tertiary/aromatic N) is 3. The normalized spacial score (nSPS) is 15.6. The highest BCUT2D eigenvalue weighted by Gasteiger charge is 2.20. The van der Waals surface area contributed by atoms with Crippen molar-refractivity contribution in [3.63, 3.8) is 0 Å². The molecule has 1 heterocycles. The number of amides is 1. The molecule has 3 rings (SSSR count). The Balaban J connectivity index is 1.70. The summed E-state index contributed by atoms with van der Waals surface area (Å²) in [6.45, 7) is 0.952. The third-order valence-electron chi connectivity index (χ3n) is 4.55. The zero-order valence-corrected chi connectivity index (χ0v) is 16.8. The van der Waals surface area contributed by atoms with Crippen molar-refractivity contribution >= 4 is 33.1 Å². The molecule has 0 saturated carbocycles. The molecule has 2 aromatic carbocycles. The molecule has 1 N–H and O–H groups in total. The van der Waals surface area contributed by atoms with E-state index in [2.05, 4.69) is 9.71 Å². The minimum absolute atomic E-state index is 0.0644. The van der Waals surface area contributed by atoms with Crippen LogP contribution in [0.4, 0.5) is 11.4 Å². The highest BCUT2D eigenvalue weighted by Crippen LogP contribution is 2.20. The van der Waals surface area contributed by atoms with Gasteiger partial charge in [0.15, 0.2) is 0 Å². The molecular formula is C20H24N4O3S. The van der Waals surface area contributed by atoms with E-state index in [0.29, 0.717) is 17.9 Å². The first-order chi connectivity index (χ1) is 13.3. The van der Waals surface area contributed by atoms with Crippen molar-refractivity contribution in [1.82, 2.24) is 4.90 Å². The summed E-state index contributed by atoms with van der Waals surface area (Å²) in [6.07, 6.45) is 1.55. The topological polar surface area (TPSA) is 82.1 Å². The minimum Gasteiger partial charge on any atom is -0.365 e. The van der Waals surface area contributed by atoms with E-state index in [1.807, 2.05) is 54.2 Å². The summed E-state index contributed by atoms with van der Waals surface area (Å²) in [7, 11) is -0.158. The van der Waals surface area contributed by atoms with Crippen LogP contribution in [0.1, 0.15) is 12.8 Å². The van der Waals surface area contributed by atoms with Crippen molar-refractivity contribution in [2.45, 2.75) is 17.7 Å². The standard InChI is InChI=1S/C20H24N4O3S/c1-23-13-7-12-19(23)22-28(26,27)18-11-6-8-16(14-18)21-20(25)15-24(2)17-9-4-3-5-10-17/h3-6,8-11,14H,7,12-13,15H2,1-2H3,(H,21,25)/b22-19-. The fourth-order valence-electron chi connectivity index (χ4n) is 3.03. The second kappa shape index (κ2) is 8.43. The molecule has 0 radical (unpaired) electrons. The smallest absolute Gasteiger partial charge is 0.284 e. The predicted molar refractivity (Wildman–Crippen MR) is 111 cm³/mol. The molecule has 1 fully saturated rings. The number of sulfonamides is 1. The number of benzene rings is 2. The summed E-state index contributed by atoms with van der Waals surface area (Å²) in [6, 6.07) is 15.7. The first-order valence-corrected chi connectivity index (χ1v) is 10.5. The number of rotatable bonds is 6. The van der Waals surface area contributed by atoms with Crippen LogP contribution in [0, 0.1) is 0 Å². The number of carbonyl (C=O) groups is 1. The quantitative estimate of drug-likeness (QED) is 0.806. The van der Waals surface area contributed by atoms with Gasteiger partial charge in [-0.2, -0.15) is 8.42 Å². The van der Waals surface area contributed by atoms with Gasteiger partial charge in [-0.15, -0.1) is 4.40 Å². The van der Waals surface area contributed by atoms with Gasteiger partial charge in [-0.05, 0) is 36.8 Å². The third kappa shape index (κ3) is 4.89. The van der Waals surface area contributed by atoms with Crippen molar-refractivity contribution in [3.8, 4) is 0 Å². The molecule has 1 amide bonds. The Morgan fingerprint density at radius 1 is 1.18 bits per heavy atom. The van der Waals surface area contributed by atoms with Crippen molar-refractivity contribution in [2.24, 2.45) is 4.40 Å². The molecule has 1 saturated heterocycles. The zero-order chi connectivity index (χ0) is 20.1. The number of likely N-dealkylation sites (tertiary alicyclic amines) is 1. The van der Waals surface area contributed by atoms with Crippen LogP contribution in [0.2, 0.25) is 0 Å². The number of likely N-dealkylation sites (N-methyl/N-ethyl adjacent to an activating group) is 1. The first kappa shape index (κ1) is 19.9. The number of hydrogen-bond acceptors (Lipinski definition) is 4. The zero-order valence-electron chi connectivity index (χ0n) is 16.0. The van der Waals surface area contributed by atoms with E-state index in [1.54, 1.807) is 12.1 Å². The maximum Gasteiger partial charge on any atom is 0.284 e. The molecule has 8 heteroatoms. The summed E-state index contributed by atoms with van der Waals surface area (Å²) in [4.78, 5) is 16.1. The van der Waals surface area contributed by atoms with E-state index < -0.39 is 10.0 Å². The molecule has 148 valence electrons. The molecule has 28 heavy (non-hydrogen) atoms. The van der Waals surface area contributed by atoms with Gasteiger partial charge in [0, 0.05) is 38.4 Å². The van der Waals surface area contributed by atoms with Gasteiger partial charge in [-0.1, -0.05) is 24.3 Å². The lowest BCUT2D eigenvalue weighted by Gasteiger charge is -2.18. The third-order valence-corrected chi connectivity index (χ3v) is 5.85. The van der Waals surface area contributed by atoms with Crippen LogP contribution in [0.3, 0.4) is 0 Å². The molecule has 0 atom stereocenters. The van der Waals surface area contributed by atoms with Crippen molar-refractivity contribution in [1.29, 1.82) is 0 Å². The summed E-state index contributed by atoms with van der Waals surface area (Å²) < 4.78 is 29.2. The van der Waals surface area contributed by atoms with Crippen molar-refractivity contribution in [3.05, 3.63) is 54.6 Å². The average molecular weight is 401 g/mol. The second-order valence-electron chi connectivity index (χ2n) is 6.78. The summed E-state index contributed by atoms with van der Waals surface area (Å²) >= 11 is 0. The lowest BCUT2D eigenvalue weighted by molar-refractivity contribution is -0.114. The van der Waals surface area contributed by atoms with Crippen LogP contribution in [0.5, 0.6) is 0 Å². The monoisotopic (exact) mass is 400 g/mol. The number of hydrogen-bond donors (Lipinski definition) is 1. The molecule has 1 aliphatic heterocycles. The fraction of sp³-hybridized carbons (Fsp3) is 0.300. The predicted octanol–water partition coefficient (Wildman–Crippen LogP) is 2.57. The number of anilines is 2. The number of carbonyl (C=O) groups excluding carboxylic acids is 1. The minimum atomic E-state index is -3.82. The van der Waals surface area contributed by atoms with Crippen molar-refractivity contribution in [2.75, 3.05) is 37.4 Å². The Bertz CT molecular complexity index is 974. The van der Waals surface area contributed by atoms with Gasteiger partial charge in [0.05, 0.1) is 11.4 Å². The fourth-order valence-corrected chi connectivity index (χ4v) is 4.16. The molecule has 0 spiro atoms. The lowest BCUT2D eigenvalue weighted by atomic mass is 10.3. The van der Waals surface area contributed by atoms with Gasteiger partial charge in [-0.25, -0.2) is 0 Å². The Morgan fingerprint density at radius 2 is 1.93 bits per heavy atom. The van der Waals surface area contributed by atoms with Gasteiger partial charge in [0.25, 0.3) is 10.0 Å². The molecular weight excluding hydrogens is 376 g/mol. The summed E-state index contributed by atoms with van der Waals surface area (Å²) in [5.74, 6) is 0.335. The Morgan fingerprint density at radius 3 is 2.61 bits per heavy atom. The highest BCUT2D eigenvalue weighted by molar-refractivity contribution is 7.90. The van der Waals surface area contributed by atoms with Crippen LogP contribution in [0.15, 0.2) is 63.9 Å². The molecule has 2 aromatic rings. The molecule has 0 unspecified atom stereocenters. The maximum atomic E-state index is 12.6. The highest BCUT2D eigenvalue weighted by atomic mass is 32.2. The van der Waals surface area contributed by atoms with Gasteiger partial charge in [-0.3, -0.25) is 4.79 Å².